The third-order valence-corrected chi connectivity index (χ3v) is 6.54. The van der Waals surface area contributed by atoms with Gasteiger partial charge in [-0.25, -0.2) is 4.79 Å². The van der Waals surface area contributed by atoms with Gasteiger partial charge in [0.2, 0.25) is 5.75 Å². The van der Waals surface area contributed by atoms with Gasteiger partial charge in [0, 0.05) is 32.7 Å². The van der Waals surface area contributed by atoms with E-state index in [1.165, 1.54) is 32.5 Å². The normalized spacial score (nSPS) is 14.4. The van der Waals surface area contributed by atoms with Gasteiger partial charge >= 0.3 is 5.97 Å². The van der Waals surface area contributed by atoms with Crippen molar-refractivity contribution < 1.29 is 23.7 Å². The standard InChI is InChI=1S/C29H34N2O5/c1-33-25-20-24(21-26(34-2)28(25)35-3)29(32)36-19-18-30-14-16-31(17-15-30)27(22-10-6-4-7-11-22)23-12-8-5-9-13-23/h4-13,20-21,27H,14-19H2,1-3H3. The summed E-state index contributed by atoms with van der Waals surface area (Å²) < 4.78 is 21.6. The zero-order valence-corrected chi connectivity index (χ0v) is 21.2. The third-order valence-electron chi connectivity index (χ3n) is 6.54. The summed E-state index contributed by atoms with van der Waals surface area (Å²) in [4.78, 5) is 17.5. The van der Waals surface area contributed by atoms with Crippen LogP contribution in [0.1, 0.15) is 27.5 Å². The van der Waals surface area contributed by atoms with Crippen molar-refractivity contribution in [1.29, 1.82) is 0 Å². The molecule has 0 saturated carbocycles. The molecule has 1 aliphatic rings. The molecule has 0 spiro atoms. The van der Waals surface area contributed by atoms with Crippen molar-refractivity contribution in [3.8, 4) is 17.2 Å². The second kappa shape index (κ2) is 12.4. The van der Waals surface area contributed by atoms with Crippen LogP contribution in [0.3, 0.4) is 0 Å². The zero-order chi connectivity index (χ0) is 25.3. The van der Waals surface area contributed by atoms with Gasteiger partial charge in [0.1, 0.15) is 6.61 Å². The smallest absolute Gasteiger partial charge is 0.338 e. The summed E-state index contributed by atoms with van der Waals surface area (Å²) in [6, 6.07) is 24.8. The molecule has 1 saturated heterocycles. The van der Waals surface area contributed by atoms with Gasteiger partial charge in [-0.3, -0.25) is 9.80 Å². The molecule has 0 aliphatic carbocycles. The van der Waals surface area contributed by atoms with Crippen molar-refractivity contribution in [1.82, 2.24) is 9.80 Å². The molecule has 190 valence electrons. The molecule has 0 N–H and O–H groups in total. The second-order valence-electron chi connectivity index (χ2n) is 8.65. The molecule has 0 unspecified atom stereocenters. The minimum atomic E-state index is -0.416. The van der Waals surface area contributed by atoms with E-state index in [0.29, 0.717) is 36.0 Å². The zero-order valence-electron chi connectivity index (χ0n) is 21.2. The largest absolute Gasteiger partial charge is 0.493 e. The lowest BCUT2D eigenvalue weighted by Crippen LogP contribution is -2.48. The van der Waals surface area contributed by atoms with Gasteiger partial charge < -0.3 is 18.9 Å². The Kier molecular flexibility index (Phi) is 8.81. The van der Waals surface area contributed by atoms with E-state index in [1.54, 1.807) is 12.1 Å². The second-order valence-corrected chi connectivity index (χ2v) is 8.65. The summed E-state index contributed by atoms with van der Waals surface area (Å²) in [5.41, 5.74) is 2.97. The minimum absolute atomic E-state index is 0.229. The molecule has 4 rings (SSSR count). The molecule has 0 radical (unpaired) electrons. The van der Waals surface area contributed by atoms with Crippen molar-refractivity contribution in [3.63, 3.8) is 0 Å². The molecule has 0 amide bonds. The lowest BCUT2D eigenvalue weighted by molar-refractivity contribution is 0.0406. The fourth-order valence-electron chi connectivity index (χ4n) is 4.68. The number of methoxy groups -OCH3 is 3. The number of esters is 1. The Morgan fingerprint density at radius 3 is 1.78 bits per heavy atom. The molecule has 36 heavy (non-hydrogen) atoms. The summed E-state index contributed by atoms with van der Waals surface area (Å²) in [5.74, 6) is 0.873. The molecule has 1 fully saturated rings. The van der Waals surface area contributed by atoms with E-state index < -0.39 is 5.97 Å². The summed E-state index contributed by atoms with van der Waals surface area (Å²) in [7, 11) is 4.57. The van der Waals surface area contributed by atoms with E-state index in [-0.39, 0.29) is 6.04 Å². The summed E-state index contributed by atoms with van der Waals surface area (Å²) in [5, 5.41) is 0. The van der Waals surface area contributed by atoms with Gasteiger partial charge in [-0.2, -0.15) is 0 Å². The van der Waals surface area contributed by atoms with E-state index in [0.717, 1.165) is 26.2 Å². The van der Waals surface area contributed by atoms with E-state index in [4.69, 9.17) is 18.9 Å². The lowest BCUT2D eigenvalue weighted by atomic mass is 9.96. The Morgan fingerprint density at radius 2 is 1.31 bits per heavy atom. The number of piperazine rings is 1. The van der Waals surface area contributed by atoms with Gasteiger partial charge in [-0.15, -0.1) is 0 Å². The number of benzene rings is 3. The van der Waals surface area contributed by atoms with Crippen LogP contribution in [0.5, 0.6) is 17.2 Å². The Bertz CT molecular complexity index is 1050. The summed E-state index contributed by atoms with van der Waals surface area (Å²) in [6.45, 7) is 4.71. The van der Waals surface area contributed by atoms with E-state index in [1.807, 2.05) is 0 Å². The average Bonchev–Trinajstić information content (AvgIpc) is 2.94. The van der Waals surface area contributed by atoms with E-state index in [9.17, 15) is 4.79 Å². The van der Waals surface area contributed by atoms with Crippen LogP contribution in [-0.2, 0) is 4.74 Å². The van der Waals surface area contributed by atoms with Crippen LogP contribution >= 0.6 is 0 Å². The highest BCUT2D eigenvalue weighted by atomic mass is 16.5. The molecular weight excluding hydrogens is 456 g/mol. The molecule has 0 aromatic heterocycles. The fourth-order valence-corrected chi connectivity index (χ4v) is 4.68. The number of hydrogen-bond donors (Lipinski definition) is 0. The van der Waals surface area contributed by atoms with Crippen LogP contribution in [0, 0.1) is 0 Å². The first-order valence-electron chi connectivity index (χ1n) is 12.2. The van der Waals surface area contributed by atoms with Crippen LogP contribution in [0.4, 0.5) is 0 Å². The monoisotopic (exact) mass is 490 g/mol. The average molecular weight is 491 g/mol. The SMILES string of the molecule is COc1cc(C(=O)OCCN2CCN(C(c3ccccc3)c3ccccc3)CC2)cc(OC)c1OC. The maximum Gasteiger partial charge on any atom is 0.338 e. The molecule has 0 bridgehead atoms. The number of rotatable bonds is 10. The van der Waals surface area contributed by atoms with Crippen LogP contribution in [0.2, 0.25) is 0 Å². The molecule has 7 nitrogen and oxygen atoms in total. The Balaban J connectivity index is 1.32. The first-order chi connectivity index (χ1) is 17.6. The predicted molar refractivity (Wildman–Crippen MR) is 139 cm³/mol. The molecular formula is C29H34N2O5. The van der Waals surface area contributed by atoms with Gasteiger partial charge in [0.25, 0.3) is 0 Å². The highest BCUT2D eigenvalue weighted by Crippen LogP contribution is 2.38. The van der Waals surface area contributed by atoms with Crippen molar-refractivity contribution in [2.45, 2.75) is 6.04 Å². The Morgan fingerprint density at radius 1 is 0.778 bits per heavy atom. The van der Waals surface area contributed by atoms with Gasteiger partial charge in [-0.05, 0) is 23.3 Å². The number of nitrogens with zero attached hydrogens (tertiary/aromatic N) is 2. The predicted octanol–water partition coefficient (Wildman–Crippen LogP) is 4.28. The maximum atomic E-state index is 12.7. The Hall–Kier alpha value is -3.55. The minimum Gasteiger partial charge on any atom is -0.493 e. The van der Waals surface area contributed by atoms with Crippen molar-refractivity contribution in [2.24, 2.45) is 0 Å². The van der Waals surface area contributed by atoms with Crippen molar-refractivity contribution >= 4 is 5.97 Å². The molecule has 7 heteroatoms. The number of hydrogen-bond acceptors (Lipinski definition) is 7. The third kappa shape index (κ3) is 5.98. The lowest BCUT2D eigenvalue weighted by Gasteiger charge is -2.39. The highest BCUT2D eigenvalue weighted by molar-refractivity contribution is 5.91. The maximum absolute atomic E-state index is 12.7. The molecule has 1 heterocycles. The van der Waals surface area contributed by atoms with Crippen LogP contribution < -0.4 is 14.2 Å². The summed E-state index contributed by atoms with van der Waals surface area (Å²) >= 11 is 0. The van der Waals surface area contributed by atoms with Crippen molar-refractivity contribution in [2.75, 3.05) is 60.7 Å². The quantitative estimate of drug-likeness (QED) is 0.393. The number of carbonyl (C=O) groups excluding carboxylic acids is 1. The topological polar surface area (TPSA) is 60.5 Å². The van der Waals surface area contributed by atoms with E-state index in [2.05, 4.69) is 70.5 Å². The fraction of sp³-hybridized carbons (Fsp3) is 0.345. The van der Waals surface area contributed by atoms with E-state index >= 15 is 0 Å². The van der Waals surface area contributed by atoms with Crippen LogP contribution in [0.15, 0.2) is 72.8 Å². The first-order valence-corrected chi connectivity index (χ1v) is 12.2. The summed E-state index contributed by atoms with van der Waals surface area (Å²) in [6.07, 6.45) is 0. The van der Waals surface area contributed by atoms with Crippen LogP contribution in [0.25, 0.3) is 0 Å². The highest BCUT2D eigenvalue weighted by Gasteiger charge is 2.26. The molecule has 3 aromatic rings. The van der Waals surface area contributed by atoms with Crippen molar-refractivity contribution in [3.05, 3.63) is 89.5 Å². The van der Waals surface area contributed by atoms with Gasteiger partial charge in [0.05, 0.1) is 32.9 Å². The molecule has 1 aliphatic heterocycles. The van der Waals surface area contributed by atoms with Crippen LogP contribution in [-0.4, -0.2) is 76.4 Å². The Labute approximate surface area is 213 Å². The van der Waals surface area contributed by atoms with Gasteiger partial charge in [0.15, 0.2) is 11.5 Å². The molecule has 0 atom stereocenters. The number of ether oxygens (including phenoxy) is 4. The first kappa shape index (κ1) is 25.5. The number of carbonyl (C=O) groups is 1. The van der Waals surface area contributed by atoms with Gasteiger partial charge in [-0.1, -0.05) is 60.7 Å². The molecule has 3 aromatic carbocycles.